The van der Waals surface area contributed by atoms with Crippen molar-refractivity contribution < 1.29 is 4.74 Å². The van der Waals surface area contributed by atoms with Crippen LogP contribution in [0.25, 0.3) is 0 Å². The Balaban J connectivity index is 2.18. The molecule has 2 aromatic rings. The zero-order chi connectivity index (χ0) is 16.7. The minimum absolute atomic E-state index is 0.143. The molecule has 23 heavy (non-hydrogen) atoms. The molecule has 6 nitrogen and oxygen atoms in total. The highest BCUT2D eigenvalue weighted by Gasteiger charge is 2.35. The molecule has 0 fully saturated rings. The van der Waals surface area contributed by atoms with Gasteiger partial charge in [0, 0.05) is 26.8 Å². The van der Waals surface area contributed by atoms with Crippen molar-refractivity contribution in [3.05, 3.63) is 52.5 Å². The second-order valence-corrected chi connectivity index (χ2v) is 5.84. The first-order valence-electron chi connectivity index (χ1n) is 7.32. The van der Waals surface area contributed by atoms with Gasteiger partial charge in [0.1, 0.15) is 11.6 Å². The van der Waals surface area contributed by atoms with E-state index in [4.69, 9.17) is 10.5 Å². The number of anilines is 1. The fraction of sp³-hybridized carbons (Fsp3) is 0.294. The van der Waals surface area contributed by atoms with Crippen LogP contribution in [0.5, 0.6) is 5.88 Å². The Bertz CT molecular complexity index is 824. The van der Waals surface area contributed by atoms with Crippen molar-refractivity contribution >= 4 is 5.69 Å². The number of nitrogens with zero attached hydrogens (tertiary/aromatic N) is 4. The summed E-state index contributed by atoms with van der Waals surface area (Å²) in [6.45, 7) is 1.92. The molecule has 1 aliphatic rings. The average molecular weight is 309 g/mol. The average Bonchev–Trinajstić information content (AvgIpc) is 2.80. The first kappa shape index (κ1) is 15.0. The Hall–Kier alpha value is -2.94. The molecule has 0 radical (unpaired) electrons. The minimum atomic E-state index is -0.256. The Morgan fingerprint density at radius 3 is 2.52 bits per heavy atom. The van der Waals surface area contributed by atoms with Crippen LogP contribution in [-0.4, -0.2) is 23.9 Å². The lowest BCUT2D eigenvalue weighted by atomic mass is 9.84. The van der Waals surface area contributed by atoms with Crippen molar-refractivity contribution in [3.63, 3.8) is 0 Å². The first-order chi connectivity index (χ1) is 10.9. The molecule has 6 heteroatoms. The molecular weight excluding hydrogens is 290 g/mol. The lowest BCUT2D eigenvalue weighted by Crippen LogP contribution is -2.22. The van der Waals surface area contributed by atoms with Gasteiger partial charge in [0.15, 0.2) is 0 Å². The van der Waals surface area contributed by atoms with E-state index in [2.05, 4.69) is 11.2 Å². The molecular formula is C17H19N5O. The monoisotopic (exact) mass is 309 g/mol. The molecule has 0 aliphatic carbocycles. The van der Waals surface area contributed by atoms with Crippen LogP contribution in [0.2, 0.25) is 0 Å². The van der Waals surface area contributed by atoms with Gasteiger partial charge < -0.3 is 15.4 Å². The lowest BCUT2D eigenvalue weighted by Gasteiger charge is -2.25. The third-order valence-corrected chi connectivity index (χ3v) is 4.13. The molecule has 1 atom stereocenters. The molecule has 0 spiro atoms. The van der Waals surface area contributed by atoms with Gasteiger partial charge in [-0.15, -0.1) is 0 Å². The second-order valence-electron chi connectivity index (χ2n) is 5.84. The van der Waals surface area contributed by atoms with E-state index in [0.29, 0.717) is 11.5 Å². The van der Waals surface area contributed by atoms with Crippen LogP contribution in [0.15, 0.2) is 35.7 Å². The molecule has 3 rings (SSSR count). The van der Waals surface area contributed by atoms with Crippen LogP contribution in [0, 0.1) is 18.3 Å². The maximum absolute atomic E-state index is 9.56. The van der Waals surface area contributed by atoms with Crippen molar-refractivity contribution in [1.29, 1.82) is 5.26 Å². The molecule has 0 amide bonds. The topological polar surface area (TPSA) is 80.1 Å². The number of aryl methyl sites for hydroxylation is 2. The molecule has 0 bridgehead atoms. The van der Waals surface area contributed by atoms with Crippen molar-refractivity contribution in [2.75, 3.05) is 19.0 Å². The number of benzene rings is 1. The highest BCUT2D eigenvalue weighted by atomic mass is 16.5. The maximum atomic E-state index is 9.56. The SMILES string of the molecule is Cc1nn(C)c2c1C(c1ccc(N(C)C)cc1)C(C#N)=C(N)O2. The highest BCUT2D eigenvalue weighted by Crippen LogP contribution is 2.43. The Kier molecular flexibility index (Phi) is 3.49. The van der Waals surface area contributed by atoms with Gasteiger partial charge in [-0.05, 0) is 24.6 Å². The molecule has 0 saturated heterocycles. The standard InChI is InChI=1S/C17H19N5O/c1-10-14-15(11-5-7-12(8-6-11)21(2)3)13(9-18)16(19)23-17(14)22(4)20-10/h5-8,15H,19H2,1-4H3. The van der Waals surface area contributed by atoms with Crippen LogP contribution >= 0.6 is 0 Å². The van der Waals surface area contributed by atoms with Crippen molar-refractivity contribution in [3.8, 4) is 11.9 Å². The predicted molar refractivity (Wildman–Crippen MR) is 88.0 cm³/mol. The fourth-order valence-electron chi connectivity index (χ4n) is 2.97. The predicted octanol–water partition coefficient (Wildman–Crippen LogP) is 2.01. The molecule has 2 heterocycles. The van der Waals surface area contributed by atoms with Crippen LogP contribution < -0.4 is 15.4 Å². The van der Waals surface area contributed by atoms with Gasteiger partial charge in [-0.25, -0.2) is 4.68 Å². The van der Waals surface area contributed by atoms with E-state index in [0.717, 1.165) is 22.5 Å². The summed E-state index contributed by atoms with van der Waals surface area (Å²) in [7, 11) is 5.79. The number of hydrogen-bond acceptors (Lipinski definition) is 5. The van der Waals surface area contributed by atoms with Gasteiger partial charge in [0.05, 0.1) is 17.2 Å². The zero-order valence-electron chi connectivity index (χ0n) is 13.7. The number of hydrogen-bond donors (Lipinski definition) is 1. The molecule has 1 aromatic heterocycles. The Morgan fingerprint density at radius 1 is 1.30 bits per heavy atom. The minimum Gasteiger partial charge on any atom is -0.422 e. The Morgan fingerprint density at radius 2 is 1.96 bits per heavy atom. The smallest absolute Gasteiger partial charge is 0.224 e. The molecule has 2 N–H and O–H groups in total. The summed E-state index contributed by atoms with van der Waals surface area (Å²) >= 11 is 0. The quantitative estimate of drug-likeness (QED) is 0.918. The third-order valence-electron chi connectivity index (χ3n) is 4.13. The van der Waals surface area contributed by atoms with Crippen LogP contribution in [-0.2, 0) is 7.05 Å². The van der Waals surface area contributed by atoms with E-state index in [1.165, 1.54) is 0 Å². The highest BCUT2D eigenvalue weighted by molar-refractivity contribution is 5.57. The first-order valence-corrected chi connectivity index (χ1v) is 7.32. The van der Waals surface area contributed by atoms with Crippen molar-refractivity contribution in [2.45, 2.75) is 12.8 Å². The largest absolute Gasteiger partial charge is 0.422 e. The number of allylic oxidation sites excluding steroid dienone is 1. The maximum Gasteiger partial charge on any atom is 0.224 e. The van der Waals surface area contributed by atoms with E-state index < -0.39 is 0 Å². The lowest BCUT2D eigenvalue weighted by molar-refractivity contribution is 0.358. The van der Waals surface area contributed by atoms with Crippen LogP contribution in [0.4, 0.5) is 5.69 Å². The van der Waals surface area contributed by atoms with Crippen molar-refractivity contribution in [2.24, 2.45) is 12.8 Å². The van der Waals surface area contributed by atoms with Gasteiger partial charge in [-0.1, -0.05) is 12.1 Å². The van der Waals surface area contributed by atoms with Gasteiger partial charge in [-0.3, -0.25) is 0 Å². The summed E-state index contributed by atoms with van der Waals surface area (Å²) in [5.41, 5.74) is 10.2. The zero-order valence-corrected chi connectivity index (χ0v) is 13.7. The normalized spacial score (nSPS) is 16.6. The number of fused-ring (bicyclic) bond motifs is 1. The molecule has 0 saturated carbocycles. The van der Waals surface area contributed by atoms with E-state index in [1.807, 2.05) is 57.2 Å². The second kappa shape index (κ2) is 5.36. The summed E-state index contributed by atoms with van der Waals surface area (Å²) in [5, 5.41) is 14.0. The molecule has 1 aliphatic heterocycles. The summed E-state index contributed by atoms with van der Waals surface area (Å²) in [4.78, 5) is 2.03. The van der Waals surface area contributed by atoms with Crippen LogP contribution in [0.1, 0.15) is 22.7 Å². The summed E-state index contributed by atoms with van der Waals surface area (Å²) in [5.74, 6) is 0.485. The number of aromatic nitrogens is 2. The van der Waals surface area contributed by atoms with Crippen LogP contribution in [0.3, 0.4) is 0 Å². The number of rotatable bonds is 2. The van der Waals surface area contributed by atoms with E-state index in [-0.39, 0.29) is 11.8 Å². The number of nitrogens with two attached hydrogens (primary N) is 1. The molecule has 1 unspecified atom stereocenters. The third kappa shape index (κ3) is 2.30. The summed E-state index contributed by atoms with van der Waals surface area (Å²) in [6.07, 6.45) is 0. The van der Waals surface area contributed by atoms with Gasteiger partial charge in [0.2, 0.25) is 11.8 Å². The number of nitriles is 1. The summed E-state index contributed by atoms with van der Waals surface area (Å²) < 4.78 is 7.29. The molecule has 1 aromatic carbocycles. The van der Waals surface area contributed by atoms with E-state index in [1.54, 1.807) is 4.68 Å². The van der Waals surface area contributed by atoms with E-state index in [9.17, 15) is 5.26 Å². The number of ether oxygens (including phenoxy) is 1. The van der Waals surface area contributed by atoms with Gasteiger partial charge in [0.25, 0.3) is 0 Å². The van der Waals surface area contributed by atoms with Gasteiger partial charge >= 0.3 is 0 Å². The van der Waals surface area contributed by atoms with Crippen molar-refractivity contribution in [1.82, 2.24) is 9.78 Å². The fourth-order valence-corrected chi connectivity index (χ4v) is 2.97. The molecule has 118 valence electrons. The summed E-state index contributed by atoms with van der Waals surface area (Å²) in [6, 6.07) is 10.3. The van der Waals surface area contributed by atoms with Gasteiger partial charge in [-0.2, -0.15) is 10.4 Å². The van der Waals surface area contributed by atoms with E-state index >= 15 is 0 Å². The Labute approximate surface area is 135 Å².